The zero-order valence-electron chi connectivity index (χ0n) is 10.9. The second-order valence-electron chi connectivity index (χ2n) is 4.67. The van der Waals surface area contributed by atoms with E-state index in [2.05, 4.69) is 0 Å². The van der Waals surface area contributed by atoms with Crippen molar-refractivity contribution in [2.45, 2.75) is 6.18 Å². The van der Waals surface area contributed by atoms with Gasteiger partial charge in [-0.2, -0.15) is 13.2 Å². The zero-order valence-corrected chi connectivity index (χ0v) is 10.9. The van der Waals surface area contributed by atoms with Gasteiger partial charge in [-0.1, -0.05) is 18.2 Å². The van der Waals surface area contributed by atoms with E-state index in [-0.39, 0.29) is 22.1 Å². The van der Waals surface area contributed by atoms with Gasteiger partial charge in [0.25, 0.3) is 0 Å². The largest absolute Gasteiger partial charge is 0.463 e. The van der Waals surface area contributed by atoms with Crippen LogP contribution in [0.5, 0.6) is 0 Å². The quantitative estimate of drug-likeness (QED) is 0.614. The summed E-state index contributed by atoms with van der Waals surface area (Å²) in [5.41, 5.74) is -1.13. The van der Waals surface area contributed by atoms with E-state index < -0.39 is 23.0 Å². The fourth-order valence-electron chi connectivity index (χ4n) is 2.17. The van der Waals surface area contributed by atoms with E-state index in [1.165, 1.54) is 12.1 Å². The molecule has 22 heavy (non-hydrogen) atoms. The lowest BCUT2D eigenvalue weighted by molar-refractivity contribution is -0.137. The SMILES string of the molecule is O=c1c(-c2ccc(C(F)(F)F)cc2)coc2cccc(F)c12. The first-order valence-corrected chi connectivity index (χ1v) is 6.25. The number of hydrogen-bond donors (Lipinski definition) is 0. The van der Waals surface area contributed by atoms with Crippen LogP contribution in [-0.4, -0.2) is 0 Å². The predicted octanol–water partition coefficient (Wildman–Crippen LogP) is 4.62. The van der Waals surface area contributed by atoms with E-state index in [9.17, 15) is 22.4 Å². The summed E-state index contributed by atoms with van der Waals surface area (Å²) in [6.07, 6.45) is -3.34. The van der Waals surface area contributed by atoms with Crippen LogP contribution in [0, 0.1) is 5.82 Å². The van der Waals surface area contributed by atoms with Crippen LogP contribution < -0.4 is 5.43 Å². The molecule has 3 rings (SSSR count). The van der Waals surface area contributed by atoms with Crippen molar-refractivity contribution >= 4 is 11.0 Å². The first kappa shape index (κ1) is 14.3. The van der Waals surface area contributed by atoms with Gasteiger partial charge in [-0.25, -0.2) is 4.39 Å². The smallest absolute Gasteiger partial charge is 0.416 e. The third kappa shape index (κ3) is 2.36. The Kier molecular flexibility index (Phi) is 3.24. The molecule has 0 bridgehead atoms. The Morgan fingerprint density at radius 1 is 0.955 bits per heavy atom. The van der Waals surface area contributed by atoms with Gasteiger partial charge in [-0.3, -0.25) is 4.79 Å². The summed E-state index contributed by atoms with van der Waals surface area (Å²) in [6.45, 7) is 0. The molecule has 0 saturated heterocycles. The van der Waals surface area contributed by atoms with E-state index in [1.807, 2.05) is 0 Å². The summed E-state index contributed by atoms with van der Waals surface area (Å²) in [5, 5.41) is -0.222. The third-order valence-electron chi connectivity index (χ3n) is 3.27. The summed E-state index contributed by atoms with van der Waals surface area (Å²) in [6, 6.07) is 7.99. The minimum absolute atomic E-state index is 0.00586. The maximum atomic E-state index is 13.8. The van der Waals surface area contributed by atoms with E-state index in [1.54, 1.807) is 0 Å². The minimum Gasteiger partial charge on any atom is -0.463 e. The number of benzene rings is 2. The molecule has 0 saturated carbocycles. The van der Waals surface area contributed by atoms with Crippen LogP contribution in [0.15, 0.2) is 57.9 Å². The van der Waals surface area contributed by atoms with Crippen molar-refractivity contribution in [3.63, 3.8) is 0 Å². The van der Waals surface area contributed by atoms with Gasteiger partial charge < -0.3 is 4.42 Å². The van der Waals surface area contributed by atoms with Crippen LogP contribution in [0.2, 0.25) is 0 Å². The second kappa shape index (κ2) is 4.98. The Bertz CT molecular complexity index is 893. The molecular formula is C16H8F4O2. The van der Waals surface area contributed by atoms with Gasteiger partial charge in [0.05, 0.1) is 11.1 Å². The maximum absolute atomic E-state index is 13.8. The third-order valence-corrected chi connectivity index (χ3v) is 3.27. The van der Waals surface area contributed by atoms with Crippen molar-refractivity contribution in [1.82, 2.24) is 0 Å². The molecule has 0 atom stereocenters. The summed E-state index contributed by atoms with van der Waals surface area (Å²) < 4.78 is 56.5. The number of rotatable bonds is 1. The molecule has 6 heteroatoms. The molecule has 2 nitrogen and oxygen atoms in total. The van der Waals surface area contributed by atoms with Crippen molar-refractivity contribution in [3.05, 3.63) is 70.3 Å². The molecule has 1 aromatic heterocycles. The highest BCUT2D eigenvalue weighted by Gasteiger charge is 2.30. The summed E-state index contributed by atoms with van der Waals surface area (Å²) in [4.78, 5) is 12.3. The molecule has 3 aromatic rings. The monoisotopic (exact) mass is 308 g/mol. The van der Waals surface area contributed by atoms with Crippen molar-refractivity contribution in [2.75, 3.05) is 0 Å². The van der Waals surface area contributed by atoms with Crippen LogP contribution in [0.3, 0.4) is 0 Å². The van der Waals surface area contributed by atoms with E-state index in [0.717, 1.165) is 36.6 Å². The molecule has 0 fully saturated rings. The molecule has 1 heterocycles. The van der Waals surface area contributed by atoms with Crippen molar-refractivity contribution in [2.24, 2.45) is 0 Å². The summed E-state index contributed by atoms with van der Waals surface area (Å²) >= 11 is 0. The first-order chi connectivity index (χ1) is 10.4. The van der Waals surface area contributed by atoms with Gasteiger partial charge in [-0.15, -0.1) is 0 Å². The zero-order chi connectivity index (χ0) is 15.9. The van der Waals surface area contributed by atoms with E-state index >= 15 is 0 Å². The van der Waals surface area contributed by atoms with Crippen LogP contribution in [0.1, 0.15) is 5.56 Å². The molecule has 0 radical (unpaired) electrons. The molecule has 0 N–H and O–H groups in total. The molecule has 112 valence electrons. The molecule has 0 unspecified atom stereocenters. The standard InChI is InChI=1S/C16H8F4O2/c17-12-2-1-3-13-14(12)15(21)11(8-22-13)9-4-6-10(7-5-9)16(18,19)20/h1-8H. The lowest BCUT2D eigenvalue weighted by atomic mass is 10.0. The predicted molar refractivity (Wildman–Crippen MR) is 72.9 cm³/mol. The van der Waals surface area contributed by atoms with Gasteiger partial charge in [-0.05, 0) is 29.8 Å². The van der Waals surface area contributed by atoms with Crippen molar-refractivity contribution < 1.29 is 22.0 Å². The average molecular weight is 308 g/mol. The summed E-state index contributed by atoms with van der Waals surface area (Å²) in [7, 11) is 0. The second-order valence-corrected chi connectivity index (χ2v) is 4.67. The minimum atomic E-state index is -4.46. The van der Waals surface area contributed by atoms with Crippen LogP contribution in [0.4, 0.5) is 17.6 Å². The molecule has 0 aliphatic heterocycles. The Morgan fingerprint density at radius 2 is 1.64 bits per heavy atom. The van der Waals surface area contributed by atoms with Gasteiger partial charge >= 0.3 is 6.18 Å². The fourth-order valence-corrected chi connectivity index (χ4v) is 2.17. The van der Waals surface area contributed by atoms with Gasteiger partial charge in [0.2, 0.25) is 5.43 Å². The fraction of sp³-hybridized carbons (Fsp3) is 0.0625. The summed E-state index contributed by atoms with van der Waals surface area (Å²) in [5.74, 6) is -0.736. The number of hydrogen-bond acceptors (Lipinski definition) is 2. The van der Waals surface area contributed by atoms with Crippen molar-refractivity contribution in [3.8, 4) is 11.1 Å². The number of fused-ring (bicyclic) bond motifs is 1. The lowest BCUT2D eigenvalue weighted by Gasteiger charge is -2.07. The van der Waals surface area contributed by atoms with Gasteiger partial charge in [0.1, 0.15) is 23.0 Å². The molecule has 0 amide bonds. The average Bonchev–Trinajstić information content (AvgIpc) is 2.47. The highest BCUT2D eigenvalue weighted by atomic mass is 19.4. The van der Waals surface area contributed by atoms with Gasteiger partial charge in [0.15, 0.2) is 0 Å². The Labute approximate surface area is 121 Å². The molecular weight excluding hydrogens is 300 g/mol. The molecule has 0 aliphatic rings. The number of halogens is 4. The number of alkyl halides is 3. The van der Waals surface area contributed by atoms with Gasteiger partial charge in [0, 0.05) is 0 Å². The highest BCUT2D eigenvalue weighted by Crippen LogP contribution is 2.30. The van der Waals surface area contributed by atoms with Crippen LogP contribution in [-0.2, 0) is 6.18 Å². The molecule has 2 aromatic carbocycles. The topological polar surface area (TPSA) is 30.2 Å². The molecule has 0 aliphatic carbocycles. The Balaban J connectivity index is 2.17. The molecule has 0 spiro atoms. The Morgan fingerprint density at radius 3 is 2.27 bits per heavy atom. The van der Waals surface area contributed by atoms with E-state index in [0.29, 0.717) is 0 Å². The van der Waals surface area contributed by atoms with Crippen LogP contribution in [0.25, 0.3) is 22.1 Å². The normalized spacial score (nSPS) is 11.8. The highest BCUT2D eigenvalue weighted by molar-refractivity contribution is 5.82. The Hall–Kier alpha value is -2.63. The van der Waals surface area contributed by atoms with E-state index in [4.69, 9.17) is 4.42 Å². The van der Waals surface area contributed by atoms with Crippen molar-refractivity contribution in [1.29, 1.82) is 0 Å². The van der Waals surface area contributed by atoms with Crippen LogP contribution >= 0.6 is 0 Å². The first-order valence-electron chi connectivity index (χ1n) is 6.25. The maximum Gasteiger partial charge on any atom is 0.416 e. The lowest BCUT2D eigenvalue weighted by Crippen LogP contribution is -2.07.